The zero-order valence-electron chi connectivity index (χ0n) is 18.0. The highest BCUT2D eigenvalue weighted by Gasteiger charge is 2.18. The lowest BCUT2D eigenvalue weighted by atomic mass is 10.1. The largest absolute Gasteiger partial charge is 0.465 e. The summed E-state index contributed by atoms with van der Waals surface area (Å²) in [5.74, 6) is -2.09. The normalized spacial score (nSPS) is 9.55. The number of carbonyl (C=O) groups is 4. The summed E-state index contributed by atoms with van der Waals surface area (Å²) in [7, 11) is 2.54. The van der Waals surface area contributed by atoms with Crippen molar-refractivity contribution in [3.8, 4) is 0 Å². The number of benzene rings is 2. The molecule has 0 unspecified atom stereocenters. The Morgan fingerprint density at radius 1 is 0.613 bits per heavy atom. The van der Waals surface area contributed by atoms with Crippen molar-refractivity contribution in [2.45, 2.75) is 20.3 Å². The molecule has 0 radical (unpaired) electrons. The molecule has 8 nitrogen and oxygen atoms in total. The zero-order chi connectivity index (χ0) is 23.2. The average Bonchev–Trinajstić information content (AvgIpc) is 2.82. The fourth-order valence-corrected chi connectivity index (χ4v) is 2.38. The van der Waals surface area contributed by atoms with Gasteiger partial charge in [0.15, 0.2) is 0 Å². The summed E-state index contributed by atoms with van der Waals surface area (Å²) in [6.07, 6.45) is 0.742. The van der Waals surface area contributed by atoms with Gasteiger partial charge in [-0.2, -0.15) is 0 Å². The number of esters is 4. The topological polar surface area (TPSA) is 105 Å². The van der Waals surface area contributed by atoms with Gasteiger partial charge >= 0.3 is 23.9 Å². The predicted octanol–water partition coefficient (Wildman–Crippen LogP) is 3.69. The quantitative estimate of drug-likeness (QED) is 0.484. The van der Waals surface area contributed by atoms with E-state index in [1.165, 1.54) is 32.4 Å². The van der Waals surface area contributed by atoms with Gasteiger partial charge in [0, 0.05) is 0 Å². The molecule has 166 valence electrons. The van der Waals surface area contributed by atoms with Gasteiger partial charge in [0.25, 0.3) is 0 Å². The molecule has 2 aromatic rings. The number of ether oxygens (including phenoxy) is 4. The Bertz CT molecular complexity index is 904. The Labute approximate surface area is 181 Å². The summed E-state index contributed by atoms with van der Waals surface area (Å²) < 4.78 is 18.9. The molecule has 0 saturated carbocycles. The second-order valence-electron chi connectivity index (χ2n) is 5.93. The Morgan fingerprint density at radius 2 is 0.968 bits per heavy atom. The maximum absolute atomic E-state index is 11.6. The minimum absolute atomic E-state index is 0.221. The molecule has 0 saturated heterocycles. The Kier molecular flexibility index (Phi) is 11.1. The van der Waals surface area contributed by atoms with Crippen molar-refractivity contribution in [3.63, 3.8) is 0 Å². The van der Waals surface area contributed by atoms with E-state index in [1.54, 1.807) is 37.3 Å². The van der Waals surface area contributed by atoms with E-state index in [9.17, 15) is 19.2 Å². The van der Waals surface area contributed by atoms with E-state index < -0.39 is 23.9 Å². The second kappa shape index (κ2) is 13.5. The van der Waals surface area contributed by atoms with Crippen molar-refractivity contribution < 1.29 is 38.1 Å². The van der Waals surface area contributed by atoms with Gasteiger partial charge in [-0.1, -0.05) is 31.2 Å². The number of hydrogen-bond donors (Lipinski definition) is 0. The molecule has 8 heteroatoms. The molecular weight excluding hydrogens is 404 g/mol. The van der Waals surface area contributed by atoms with Gasteiger partial charge in [-0.05, 0) is 37.6 Å². The molecule has 2 rings (SSSR count). The van der Waals surface area contributed by atoms with Crippen LogP contribution in [0.1, 0.15) is 61.7 Å². The van der Waals surface area contributed by atoms with Crippen LogP contribution in [0.15, 0.2) is 48.5 Å². The van der Waals surface area contributed by atoms with E-state index in [1.807, 2.05) is 6.92 Å². The van der Waals surface area contributed by atoms with Crippen LogP contribution in [0.25, 0.3) is 0 Å². The molecule has 0 fully saturated rings. The van der Waals surface area contributed by atoms with Crippen molar-refractivity contribution in [2.75, 3.05) is 27.4 Å². The third-order valence-corrected chi connectivity index (χ3v) is 3.82. The monoisotopic (exact) mass is 430 g/mol. The van der Waals surface area contributed by atoms with Crippen LogP contribution in [0.5, 0.6) is 0 Å². The first-order valence-electron chi connectivity index (χ1n) is 9.60. The first kappa shape index (κ1) is 25.4. The third-order valence-electron chi connectivity index (χ3n) is 3.82. The first-order valence-corrected chi connectivity index (χ1v) is 9.60. The molecule has 0 spiro atoms. The van der Waals surface area contributed by atoms with E-state index in [-0.39, 0.29) is 28.9 Å². The molecule has 0 aliphatic carbocycles. The van der Waals surface area contributed by atoms with E-state index in [0.717, 1.165) is 6.42 Å². The smallest absolute Gasteiger partial charge is 0.339 e. The zero-order valence-corrected chi connectivity index (χ0v) is 18.0. The summed E-state index contributed by atoms with van der Waals surface area (Å²) in [6, 6.07) is 12.8. The molecule has 0 heterocycles. The van der Waals surface area contributed by atoms with Crippen LogP contribution in [-0.4, -0.2) is 51.3 Å². The highest BCUT2D eigenvalue weighted by atomic mass is 16.5. The highest BCUT2D eigenvalue weighted by molar-refractivity contribution is 6.03. The summed E-state index contributed by atoms with van der Waals surface area (Å²) >= 11 is 0. The van der Waals surface area contributed by atoms with E-state index in [4.69, 9.17) is 9.47 Å². The Morgan fingerprint density at radius 3 is 1.29 bits per heavy atom. The van der Waals surface area contributed by atoms with Crippen molar-refractivity contribution in [1.82, 2.24) is 0 Å². The van der Waals surface area contributed by atoms with Crippen LogP contribution in [0.2, 0.25) is 0 Å². The fourth-order valence-electron chi connectivity index (χ4n) is 2.38. The van der Waals surface area contributed by atoms with Crippen molar-refractivity contribution in [3.05, 3.63) is 70.8 Å². The van der Waals surface area contributed by atoms with Gasteiger partial charge in [0.2, 0.25) is 0 Å². The van der Waals surface area contributed by atoms with E-state index >= 15 is 0 Å². The molecule has 31 heavy (non-hydrogen) atoms. The van der Waals surface area contributed by atoms with Gasteiger partial charge in [-0.15, -0.1) is 0 Å². The van der Waals surface area contributed by atoms with Crippen LogP contribution in [0, 0.1) is 0 Å². The minimum Gasteiger partial charge on any atom is -0.465 e. The van der Waals surface area contributed by atoms with Gasteiger partial charge < -0.3 is 18.9 Å². The summed E-state index contributed by atoms with van der Waals surface area (Å²) in [4.78, 5) is 45.8. The number of methoxy groups -OCH3 is 2. The first-order chi connectivity index (χ1) is 14.9. The van der Waals surface area contributed by atoms with Crippen LogP contribution in [-0.2, 0) is 18.9 Å². The molecule has 0 aromatic heterocycles. The lowest BCUT2D eigenvalue weighted by molar-refractivity contribution is 0.0485. The molecule has 2 aromatic carbocycles. The minimum atomic E-state index is -0.543. The van der Waals surface area contributed by atoms with Crippen LogP contribution < -0.4 is 0 Å². The molecule has 0 aliphatic rings. The van der Waals surface area contributed by atoms with Crippen molar-refractivity contribution in [2.24, 2.45) is 0 Å². The van der Waals surface area contributed by atoms with E-state index in [2.05, 4.69) is 9.47 Å². The average molecular weight is 430 g/mol. The molecule has 0 N–H and O–H groups in total. The number of carbonyl (C=O) groups excluding carboxylic acids is 4. The maximum Gasteiger partial charge on any atom is 0.339 e. The summed E-state index contributed by atoms with van der Waals surface area (Å²) in [5.41, 5.74) is 0.915. The fraction of sp³-hybridized carbons (Fsp3) is 0.304. The van der Waals surface area contributed by atoms with E-state index in [0.29, 0.717) is 6.61 Å². The van der Waals surface area contributed by atoms with Crippen molar-refractivity contribution in [1.29, 1.82) is 0 Å². The van der Waals surface area contributed by atoms with Gasteiger partial charge in [0.05, 0.1) is 49.7 Å². The SMILES string of the molecule is CCCOC(=O)c1ccccc1C(=O)OC.CCOC(=O)c1ccccc1C(=O)OC. The van der Waals surface area contributed by atoms with Crippen LogP contribution >= 0.6 is 0 Å². The molecular formula is C23H26O8. The van der Waals surface area contributed by atoms with Crippen molar-refractivity contribution >= 4 is 23.9 Å². The molecule has 0 amide bonds. The number of hydrogen-bond acceptors (Lipinski definition) is 8. The summed E-state index contributed by atoms with van der Waals surface area (Å²) in [5, 5.41) is 0. The predicted molar refractivity (Wildman–Crippen MR) is 112 cm³/mol. The molecule has 0 atom stereocenters. The lowest BCUT2D eigenvalue weighted by Crippen LogP contribution is -2.13. The van der Waals surface area contributed by atoms with Gasteiger partial charge in [-0.3, -0.25) is 0 Å². The lowest BCUT2D eigenvalue weighted by Gasteiger charge is -2.07. The van der Waals surface area contributed by atoms with Crippen LogP contribution in [0.4, 0.5) is 0 Å². The number of rotatable bonds is 7. The van der Waals surface area contributed by atoms with Gasteiger partial charge in [-0.25, -0.2) is 19.2 Å². The molecule has 0 aliphatic heterocycles. The Balaban J connectivity index is 0.000000311. The maximum atomic E-state index is 11.6. The standard InChI is InChI=1S/C12H14O4.C11H12O4/c1-3-8-16-12(14)10-7-5-4-6-9(10)11(13)15-2;1-3-15-11(13)9-7-5-4-6-8(9)10(12)14-2/h4-7H,3,8H2,1-2H3;4-7H,3H2,1-2H3. The van der Waals surface area contributed by atoms with Gasteiger partial charge in [0.1, 0.15) is 0 Å². The Hall–Kier alpha value is -3.68. The summed E-state index contributed by atoms with van der Waals surface area (Å²) in [6.45, 7) is 4.22. The second-order valence-corrected chi connectivity index (χ2v) is 5.93. The molecule has 0 bridgehead atoms. The van der Waals surface area contributed by atoms with Crippen LogP contribution in [0.3, 0.4) is 0 Å². The highest BCUT2D eigenvalue weighted by Crippen LogP contribution is 2.12. The third kappa shape index (κ3) is 7.58.